The molecular formula is C13H19FN2O. The lowest BCUT2D eigenvalue weighted by molar-refractivity contribution is -0.128. The Labute approximate surface area is 102 Å². The maximum Gasteiger partial charge on any atom is 0.223 e. The molecule has 0 saturated carbocycles. The van der Waals surface area contributed by atoms with Gasteiger partial charge in [0.15, 0.2) is 0 Å². The molecule has 0 aliphatic heterocycles. The Bertz CT molecular complexity index is 366. The number of hydrogen-bond acceptors (Lipinski definition) is 2. The zero-order valence-corrected chi connectivity index (χ0v) is 10.4. The van der Waals surface area contributed by atoms with E-state index in [0.717, 1.165) is 18.5 Å². The number of amides is 1. The van der Waals surface area contributed by atoms with Crippen molar-refractivity contribution < 1.29 is 9.18 Å². The van der Waals surface area contributed by atoms with Gasteiger partial charge in [-0.15, -0.1) is 0 Å². The highest BCUT2D eigenvalue weighted by molar-refractivity contribution is 5.75. The quantitative estimate of drug-likeness (QED) is 0.761. The Hall–Kier alpha value is -1.42. The number of nitrogens with zero attached hydrogens (tertiary/aromatic N) is 1. The average molecular weight is 238 g/mol. The Kier molecular flexibility index (Phi) is 5.63. The fourth-order valence-electron chi connectivity index (χ4n) is 1.47. The zero-order chi connectivity index (χ0) is 12.7. The van der Waals surface area contributed by atoms with Gasteiger partial charge in [0.05, 0.1) is 0 Å². The fourth-order valence-corrected chi connectivity index (χ4v) is 1.47. The van der Waals surface area contributed by atoms with Crippen molar-refractivity contribution in [1.82, 2.24) is 10.2 Å². The van der Waals surface area contributed by atoms with E-state index in [2.05, 4.69) is 5.32 Å². The van der Waals surface area contributed by atoms with Crippen LogP contribution in [-0.4, -0.2) is 38.0 Å². The molecule has 1 aromatic rings. The molecule has 3 nitrogen and oxygen atoms in total. The maximum absolute atomic E-state index is 12.9. The summed E-state index contributed by atoms with van der Waals surface area (Å²) in [6.45, 7) is 1.41. The van der Waals surface area contributed by atoms with Crippen LogP contribution in [0.1, 0.15) is 12.0 Å². The van der Waals surface area contributed by atoms with Crippen molar-refractivity contribution in [3.05, 3.63) is 35.6 Å². The van der Waals surface area contributed by atoms with Crippen LogP contribution in [0.25, 0.3) is 0 Å². The molecule has 1 amide bonds. The van der Waals surface area contributed by atoms with E-state index in [9.17, 15) is 9.18 Å². The summed E-state index contributed by atoms with van der Waals surface area (Å²) in [5, 5.41) is 3.17. The molecule has 1 aromatic carbocycles. The molecule has 0 bridgehead atoms. The monoisotopic (exact) mass is 238 g/mol. The molecule has 94 valence electrons. The topological polar surface area (TPSA) is 32.3 Å². The highest BCUT2D eigenvalue weighted by atomic mass is 19.1. The number of nitrogens with one attached hydrogen (secondary N) is 1. The van der Waals surface area contributed by atoms with Gasteiger partial charge >= 0.3 is 0 Å². The van der Waals surface area contributed by atoms with E-state index in [1.165, 1.54) is 12.1 Å². The largest absolute Gasteiger partial charge is 0.349 e. The van der Waals surface area contributed by atoms with Crippen LogP contribution in [0, 0.1) is 5.82 Å². The van der Waals surface area contributed by atoms with E-state index in [4.69, 9.17) is 0 Å². The number of carbonyl (C=O) groups is 1. The van der Waals surface area contributed by atoms with Gasteiger partial charge in [-0.1, -0.05) is 12.1 Å². The molecule has 0 atom stereocenters. The first kappa shape index (κ1) is 13.6. The lowest BCUT2D eigenvalue weighted by Gasteiger charge is -2.10. The standard InChI is InChI=1S/C13H19FN2O/c1-16(2)13(17)7-9-15-8-6-11-4-3-5-12(14)10-11/h3-5,10,15H,6-9H2,1-2H3. The number of carbonyl (C=O) groups excluding carboxylic acids is 1. The summed E-state index contributed by atoms with van der Waals surface area (Å²) in [5.41, 5.74) is 0.969. The summed E-state index contributed by atoms with van der Waals surface area (Å²) >= 11 is 0. The molecule has 1 rings (SSSR count). The van der Waals surface area contributed by atoms with Crippen LogP contribution in [0.4, 0.5) is 4.39 Å². The summed E-state index contributed by atoms with van der Waals surface area (Å²) in [6, 6.07) is 6.58. The van der Waals surface area contributed by atoms with Crippen molar-refractivity contribution >= 4 is 5.91 Å². The Morgan fingerprint density at radius 2 is 2.12 bits per heavy atom. The molecule has 0 saturated heterocycles. The van der Waals surface area contributed by atoms with Crippen molar-refractivity contribution in [2.45, 2.75) is 12.8 Å². The van der Waals surface area contributed by atoms with E-state index < -0.39 is 0 Å². The fraction of sp³-hybridized carbons (Fsp3) is 0.462. The molecule has 0 fully saturated rings. The molecule has 1 N–H and O–H groups in total. The number of rotatable bonds is 6. The minimum Gasteiger partial charge on any atom is -0.349 e. The van der Waals surface area contributed by atoms with Gasteiger partial charge in [0.1, 0.15) is 5.82 Å². The van der Waals surface area contributed by atoms with Crippen molar-refractivity contribution in [2.24, 2.45) is 0 Å². The van der Waals surface area contributed by atoms with Crippen LogP contribution in [0.2, 0.25) is 0 Å². The van der Waals surface area contributed by atoms with E-state index in [0.29, 0.717) is 13.0 Å². The van der Waals surface area contributed by atoms with Gasteiger partial charge in [-0.05, 0) is 30.7 Å². The predicted molar refractivity (Wildman–Crippen MR) is 66.3 cm³/mol. The van der Waals surface area contributed by atoms with E-state index in [1.807, 2.05) is 6.07 Å². The molecule has 0 unspecified atom stereocenters. The number of benzene rings is 1. The van der Waals surface area contributed by atoms with E-state index in [1.54, 1.807) is 25.1 Å². The van der Waals surface area contributed by atoms with Crippen molar-refractivity contribution in [1.29, 1.82) is 0 Å². The lowest BCUT2D eigenvalue weighted by atomic mass is 10.1. The van der Waals surface area contributed by atoms with Crippen molar-refractivity contribution in [3.8, 4) is 0 Å². The first-order valence-corrected chi connectivity index (χ1v) is 5.75. The predicted octanol–water partition coefficient (Wildman–Crippen LogP) is 1.44. The molecule has 0 spiro atoms. The Morgan fingerprint density at radius 1 is 1.35 bits per heavy atom. The highest BCUT2D eigenvalue weighted by Crippen LogP contribution is 2.03. The molecule has 0 radical (unpaired) electrons. The van der Waals surface area contributed by atoms with Crippen LogP contribution >= 0.6 is 0 Å². The second-order valence-electron chi connectivity index (χ2n) is 4.17. The minimum absolute atomic E-state index is 0.114. The first-order valence-electron chi connectivity index (χ1n) is 5.75. The summed E-state index contributed by atoms with van der Waals surface area (Å²) in [5.74, 6) is -0.0893. The summed E-state index contributed by atoms with van der Waals surface area (Å²) in [4.78, 5) is 12.8. The molecule has 17 heavy (non-hydrogen) atoms. The van der Waals surface area contributed by atoms with E-state index in [-0.39, 0.29) is 11.7 Å². The molecule has 0 aliphatic carbocycles. The zero-order valence-electron chi connectivity index (χ0n) is 10.4. The maximum atomic E-state index is 12.9. The Balaban J connectivity index is 2.14. The second kappa shape index (κ2) is 7.01. The SMILES string of the molecule is CN(C)C(=O)CCNCCc1cccc(F)c1. The van der Waals surface area contributed by atoms with Crippen LogP contribution in [0.15, 0.2) is 24.3 Å². The van der Waals surface area contributed by atoms with E-state index >= 15 is 0 Å². The minimum atomic E-state index is -0.203. The number of hydrogen-bond donors (Lipinski definition) is 1. The van der Waals surface area contributed by atoms with Crippen molar-refractivity contribution in [2.75, 3.05) is 27.2 Å². The first-order chi connectivity index (χ1) is 8.09. The van der Waals surface area contributed by atoms with Gasteiger partial charge in [-0.25, -0.2) is 4.39 Å². The third-order valence-corrected chi connectivity index (χ3v) is 2.49. The number of halogens is 1. The third-order valence-electron chi connectivity index (χ3n) is 2.49. The van der Waals surface area contributed by atoms with Gasteiger partial charge in [-0.3, -0.25) is 4.79 Å². The normalized spacial score (nSPS) is 10.3. The summed E-state index contributed by atoms with van der Waals surface area (Å²) < 4.78 is 12.9. The van der Waals surface area contributed by atoms with Crippen LogP contribution in [-0.2, 0) is 11.2 Å². The van der Waals surface area contributed by atoms with Gasteiger partial charge < -0.3 is 10.2 Å². The van der Waals surface area contributed by atoms with Crippen LogP contribution in [0.3, 0.4) is 0 Å². The smallest absolute Gasteiger partial charge is 0.223 e. The van der Waals surface area contributed by atoms with Gasteiger partial charge in [0, 0.05) is 27.1 Å². The van der Waals surface area contributed by atoms with Crippen LogP contribution in [0.5, 0.6) is 0 Å². The molecule has 0 heterocycles. The van der Waals surface area contributed by atoms with Crippen LogP contribution < -0.4 is 5.32 Å². The third kappa shape index (κ3) is 5.45. The molecule has 4 heteroatoms. The van der Waals surface area contributed by atoms with Gasteiger partial charge in [-0.2, -0.15) is 0 Å². The molecule has 0 aliphatic rings. The summed E-state index contributed by atoms with van der Waals surface area (Å²) in [7, 11) is 3.49. The second-order valence-corrected chi connectivity index (χ2v) is 4.17. The average Bonchev–Trinajstić information content (AvgIpc) is 2.28. The van der Waals surface area contributed by atoms with Gasteiger partial charge in [0.2, 0.25) is 5.91 Å². The highest BCUT2D eigenvalue weighted by Gasteiger charge is 2.02. The van der Waals surface area contributed by atoms with Gasteiger partial charge in [0.25, 0.3) is 0 Å². The summed E-state index contributed by atoms with van der Waals surface area (Å²) in [6.07, 6.45) is 1.27. The Morgan fingerprint density at radius 3 is 2.76 bits per heavy atom. The molecular weight excluding hydrogens is 219 g/mol. The molecule has 0 aromatic heterocycles. The van der Waals surface area contributed by atoms with Crippen molar-refractivity contribution in [3.63, 3.8) is 0 Å². The lowest BCUT2D eigenvalue weighted by Crippen LogP contribution is -2.27.